The van der Waals surface area contributed by atoms with Gasteiger partial charge in [-0.25, -0.2) is 0 Å². The topological polar surface area (TPSA) is 25.6 Å². The SMILES string of the molecule is CCn1c2ccc(C)cc2c2cc(N(c3ccccc3)c3ccc4c(c3)C3(c5ccccc5Oc5ccccc53)c3cc(N(c5ccccc5)c5ccc6c(c5)c5cc(C)ccc5n6CC)ccc3-4)ccc21. The summed E-state index contributed by atoms with van der Waals surface area (Å²) < 4.78 is 11.8. The van der Waals surface area contributed by atoms with Gasteiger partial charge in [0.25, 0.3) is 0 Å². The van der Waals surface area contributed by atoms with Crippen molar-refractivity contribution in [1.82, 2.24) is 9.13 Å². The number of fused-ring (bicyclic) bond motifs is 15. The lowest BCUT2D eigenvalue weighted by Gasteiger charge is -2.40. The molecule has 0 bridgehead atoms. The first-order valence-electron chi connectivity index (χ1n) is 25.3. The van der Waals surface area contributed by atoms with Gasteiger partial charge in [-0.2, -0.15) is 0 Å². The van der Waals surface area contributed by atoms with Crippen LogP contribution >= 0.6 is 0 Å². The molecule has 1 aliphatic carbocycles. The number of benzene rings is 10. The van der Waals surface area contributed by atoms with Crippen LogP contribution in [-0.2, 0) is 18.5 Å². The van der Waals surface area contributed by atoms with Gasteiger partial charge < -0.3 is 23.7 Å². The van der Waals surface area contributed by atoms with Crippen LogP contribution in [0.3, 0.4) is 0 Å². The maximum Gasteiger partial charge on any atom is 0.132 e. The van der Waals surface area contributed by atoms with Crippen LogP contribution in [0, 0.1) is 13.8 Å². The monoisotopic (exact) mass is 928 g/mol. The summed E-state index contributed by atoms with van der Waals surface area (Å²) in [4.78, 5) is 4.88. The number of aryl methyl sites for hydroxylation is 4. The first kappa shape index (κ1) is 42.1. The molecule has 5 heteroatoms. The van der Waals surface area contributed by atoms with E-state index in [2.05, 4.69) is 265 Å². The Morgan fingerprint density at radius 1 is 0.347 bits per heavy atom. The van der Waals surface area contributed by atoms with Gasteiger partial charge in [-0.3, -0.25) is 0 Å². The molecule has 1 aliphatic heterocycles. The molecule has 1 spiro atoms. The van der Waals surface area contributed by atoms with Crippen LogP contribution in [0.5, 0.6) is 11.5 Å². The maximum atomic E-state index is 6.89. The highest BCUT2D eigenvalue weighted by atomic mass is 16.5. The predicted molar refractivity (Wildman–Crippen MR) is 300 cm³/mol. The Balaban J connectivity index is 1.01. The number of anilines is 6. The van der Waals surface area contributed by atoms with Crippen molar-refractivity contribution in [2.45, 2.75) is 46.2 Å². The molecule has 0 radical (unpaired) electrons. The second kappa shape index (κ2) is 16.1. The van der Waals surface area contributed by atoms with E-state index in [1.165, 1.54) is 77.0 Å². The van der Waals surface area contributed by atoms with E-state index in [0.29, 0.717) is 0 Å². The molecule has 12 aromatic rings. The van der Waals surface area contributed by atoms with Crippen LogP contribution < -0.4 is 14.5 Å². The van der Waals surface area contributed by atoms with Crippen molar-refractivity contribution in [2.75, 3.05) is 9.80 Å². The van der Waals surface area contributed by atoms with Gasteiger partial charge in [0.1, 0.15) is 11.5 Å². The van der Waals surface area contributed by atoms with Crippen LogP contribution in [0.4, 0.5) is 34.1 Å². The molecule has 0 saturated heterocycles. The summed E-state index contributed by atoms with van der Waals surface area (Å²) in [7, 11) is 0. The lowest BCUT2D eigenvalue weighted by atomic mass is 9.66. The molecule has 5 nitrogen and oxygen atoms in total. The fraction of sp³-hybridized carbons (Fsp3) is 0.104. The molecule has 2 aliphatic rings. The molecule has 3 heterocycles. The molecule has 0 N–H and O–H groups in total. The minimum atomic E-state index is -0.723. The van der Waals surface area contributed by atoms with E-state index in [-0.39, 0.29) is 0 Å². The zero-order valence-corrected chi connectivity index (χ0v) is 40.9. The Morgan fingerprint density at radius 3 is 1.14 bits per heavy atom. The first-order chi connectivity index (χ1) is 35.4. The number of hydrogen-bond acceptors (Lipinski definition) is 3. The van der Waals surface area contributed by atoms with E-state index in [0.717, 1.165) is 69.8 Å². The van der Waals surface area contributed by atoms with Crippen LogP contribution in [-0.4, -0.2) is 9.13 Å². The number of rotatable bonds is 8. The summed E-state index contributed by atoms with van der Waals surface area (Å²) in [5.41, 5.74) is 20.5. The molecule has 0 fully saturated rings. The Morgan fingerprint density at radius 2 is 0.708 bits per heavy atom. The average molecular weight is 929 g/mol. The molecule has 0 saturated carbocycles. The second-order valence-corrected chi connectivity index (χ2v) is 19.6. The van der Waals surface area contributed by atoms with Crippen LogP contribution in [0.15, 0.2) is 218 Å². The lowest BCUT2D eigenvalue weighted by molar-refractivity contribution is 0.436. The third-order valence-corrected chi connectivity index (χ3v) is 15.6. The highest BCUT2D eigenvalue weighted by molar-refractivity contribution is 6.11. The lowest BCUT2D eigenvalue weighted by Crippen LogP contribution is -2.32. The van der Waals surface area contributed by atoms with E-state index >= 15 is 0 Å². The zero-order valence-electron chi connectivity index (χ0n) is 40.9. The van der Waals surface area contributed by atoms with Crippen LogP contribution in [0.2, 0.25) is 0 Å². The average Bonchev–Trinajstić information content (AvgIpc) is 4.02. The van der Waals surface area contributed by atoms with Crippen molar-refractivity contribution >= 4 is 77.7 Å². The van der Waals surface area contributed by atoms with E-state index in [1.807, 2.05) is 0 Å². The Hall–Kier alpha value is -8.80. The molecule has 0 atom stereocenters. The first-order valence-corrected chi connectivity index (χ1v) is 25.3. The van der Waals surface area contributed by atoms with Crippen molar-refractivity contribution in [3.8, 4) is 22.6 Å². The van der Waals surface area contributed by atoms with Gasteiger partial charge in [-0.15, -0.1) is 0 Å². The van der Waals surface area contributed by atoms with Crippen molar-refractivity contribution in [2.24, 2.45) is 0 Å². The fourth-order valence-electron chi connectivity index (χ4n) is 12.6. The van der Waals surface area contributed by atoms with Gasteiger partial charge >= 0.3 is 0 Å². The molecule has 10 aromatic carbocycles. The number of aromatic nitrogens is 2. The summed E-state index contributed by atoms with van der Waals surface area (Å²) in [6, 6.07) is 81.1. The van der Waals surface area contributed by atoms with Gasteiger partial charge in [0.15, 0.2) is 0 Å². The Bertz CT molecular complexity index is 3880. The van der Waals surface area contributed by atoms with E-state index in [9.17, 15) is 0 Å². The van der Waals surface area contributed by atoms with Crippen LogP contribution in [0.25, 0.3) is 54.7 Å². The normalized spacial score (nSPS) is 13.1. The third-order valence-electron chi connectivity index (χ3n) is 15.6. The summed E-state index contributed by atoms with van der Waals surface area (Å²) in [5, 5.41) is 5.08. The molecule has 346 valence electrons. The Kier molecular flexibility index (Phi) is 9.43. The molecule has 0 amide bonds. The van der Waals surface area contributed by atoms with E-state index in [1.54, 1.807) is 0 Å². The van der Waals surface area contributed by atoms with Crippen molar-refractivity contribution in [1.29, 1.82) is 0 Å². The molecule has 2 aromatic heterocycles. The maximum absolute atomic E-state index is 6.89. The third kappa shape index (κ3) is 6.07. The second-order valence-electron chi connectivity index (χ2n) is 19.6. The van der Waals surface area contributed by atoms with E-state index in [4.69, 9.17) is 4.74 Å². The molecular weight excluding hydrogens is 877 g/mol. The van der Waals surface area contributed by atoms with Gasteiger partial charge in [0.2, 0.25) is 0 Å². The standard InChI is InChI=1S/C67H52N4O/c1-5-68-61-33-25-43(3)37-53(61)55-39-47(29-35-63(55)68)70(45-17-9-7-10-18-45)49-27-31-51-52-32-28-50(42-60(52)67(59(51)41-49)57-21-13-15-23-65(57)72-66-24-16-14-22-58(66)67)71(46-19-11-8-12-20-46)48-30-36-64-56(40-48)54-38-44(4)26-34-62(54)69(64)6-2/h7-42H,5-6H2,1-4H3. The number of hydrogen-bond donors (Lipinski definition) is 0. The molecule has 72 heavy (non-hydrogen) atoms. The summed E-state index contributed by atoms with van der Waals surface area (Å²) in [5.74, 6) is 1.73. The summed E-state index contributed by atoms with van der Waals surface area (Å²) >= 11 is 0. The van der Waals surface area contributed by atoms with Gasteiger partial charge in [-0.05, 0) is 171 Å². The van der Waals surface area contributed by atoms with Gasteiger partial charge in [-0.1, -0.05) is 108 Å². The quantitative estimate of drug-likeness (QED) is 0.152. The van der Waals surface area contributed by atoms with Gasteiger partial charge in [0.05, 0.1) is 5.41 Å². The molecular formula is C67H52N4O. The number of ether oxygens (including phenoxy) is 1. The minimum Gasteiger partial charge on any atom is -0.457 e. The van der Waals surface area contributed by atoms with Gasteiger partial charge in [0, 0.05) is 102 Å². The number of nitrogens with zero attached hydrogens (tertiary/aromatic N) is 4. The Labute approximate surface area is 420 Å². The number of para-hydroxylation sites is 4. The summed E-state index contributed by atoms with van der Waals surface area (Å²) in [6.45, 7) is 10.7. The highest BCUT2D eigenvalue weighted by Crippen LogP contribution is 2.63. The smallest absolute Gasteiger partial charge is 0.132 e. The van der Waals surface area contributed by atoms with Crippen molar-refractivity contribution in [3.05, 3.63) is 252 Å². The highest BCUT2D eigenvalue weighted by Gasteiger charge is 2.51. The summed E-state index contributed by atoms with van der Waals surface area (Å²) in [6.07, 6.45) is 0. The zero-order chi connectivity index (χ0) is 48.2. The largest absolute Gasteiger partial charge is 0.457 e. The van der Waals surface area contributed by atoms with Crippen LogP contribution in [0.1, 0.15) is 47.2 Å². The minimum absolute atomic E-state index is 0.723. The molecule has 0 unspecified atom stereocenters. The molecule has 14 rings (SSSR count). The van der Waals surface area contributed by atoms with Crippen molar-refractivity contribution < 1.29 is 4.74 Å². The fourth-order valence-corrected chi connectivity index (χ4v) is 12.6. The van der Waals surface area contributed by atoms with E-state index < -0.39 is 5.41 Å². The van der Waals surface area contributed by atoms with Crippen molar-refractivity contribution in [3.63, 3.8) is 0 Å². The predicted octanol–water partition coefficient (Wildman–Crippen LogP) is 18.0.